The van der Waals surface area contributed by atoms with E-state index in [-0.39, 0.29) is 12.1 Å². The normalized spacial score (nSPS) is 30.7. The van der Waals surface area contributed by atoms with Crippen molar-refractivity contribution in [3.63, 3.8) is 0 Å². The van der Waals surface area contributed by atoms with Crippen LogP contribution in [0.15, 0.2) is 4.99 Å². The average molecular weight is 322 g/mol. The first-order chi connectivity index (χ1) is 11.3. The highest BCUT2D eigenvalue weighted by Crippen LogP contribution is 2.23. The lowest BCUT2D eigenvalue weighted by atomic mass is 9.93. The zero-order valence-electron chi connectivity index (χ0n) is 14.6. The Bertz CT molecular complexity index is 351. The summed E-state index contributed by atoms with van der Waals surface area (Å²) in [6.07, 6.45) is 17.2. The van der Waals surface area contributed by atoms with Gasteiger partial charge in [0.15, 0.2) is 5.96 Å². The second-order valence-electron chi connectivity index (χ2n) is 7.86. The summed E-state index contributed by atoms with van der Waals surface area (Å²) in [6, 6.07) is 1.23. The van der Waals surface area contributed by atoms with Gasteiger partial charge in [-0.2, -0.15) is 0 Å². The molecule has 2 unspecified atom stereocenters. The van der Waals surface area contributed by atoms with Gasteiger partial charge in [-0.05, 0) is 38.5 Å². The van der Waals surface area contributed by atoms with Gasteiger partial charge in [-0.1, -0.05) is 51.4 Å². The summed E-state index contributed by atoms with van der Waals surface area (Å²) in [7, 11) is 0. The summed E-state index contributed by atoms with van der Waals surface area (Å²) in [4.78, 5) is 4.95. The maximum Gasteiger partial charge on any atom is 0.192 e. The number of guanidine groups is 1. The molecule has 0 saturated heterocycles. The molecule has 0 amide bonds. The van der Waals surface area contributed by atoms with Crippen LogP contribution in [0.25, 0.3) is 0 Å². The van der Waals surface area contributed by atoms with Crippen LogP contribution in [0.5, 0.6) is 0 Å². The lowest BCUT2D eigenvalue weighted by molar-refractivity contribution is 0.109. The predicted octanol–water partition coefficient (Wildman–Crippen LogP) is 3.49. The van der Waals surface area contributed by atoms with Gasteiger partial charge in [0, 0.05) is 12.1 Å². The molecule has 3 aliphatic carbocycles. The third-order valence-electron chi connectivity index (χ3n) is 5.88. The van der Waals surface area contributed by atoms with Crippen LogP contribution in [0.4, 0.5) is 0 Å². The third kappa shape index (κ3) is 5.37. The SMILES string of the molecule is OC1CCCCC1N=C(NC1CCCCC1)NC1CCCCC1. The fourth-order valence-corrected chi connectivity index (χ4v) is 4.40. The molecule has 0 aromatic heterocycles. The molecule has 3 fully saturated rings. The van der Waals surface area contributed by atoms with Crippen LogP contribution < -0.4 is 10.6 Å². The highest BCUT2D eigenvalue weighted by atomic mass is 16.3. The van der Waals surface area contributed by atoms with Crippen molar-refractivity contribution in [2.45, 2.75) is 114 Å². The molecule has 0 heterocycles. The van der Waals surface area contributed by atoms with Crippen molar-refractivity contribution in [2.24, 2.45) is 4.99 Å². The average Bonchev–Trinajstić information content (AvgIpc) is 2.59. The highest BCUT2D eigenvalue weighted by molar-refractivity contribution is 5.80. The van der Waals surface area contributed by atoms with Crippen molar-refractivity contribution in [3.05, 3.63) is 0 Å². The summed E-state index contributed by atoms with van der Waals surface area (Å²) >= 11 is 0. The topological polar surface area (TPSA) is 56.7 Å². The molecular formula is C19H35N3O. The van der Waals surface area contributed by atoms with Crippen LogP contribution in [-0.4, -0.2) is 35.3 Å². The van der Waals surface area contributed by atoms with Crippen LogP contribution in [0.1, 0.15) is 89.9 Å². The van der Waals surface area contributed by atoms with E-state index >= 15 is 0 Å². The molecule has 0 aromatic carbocycles. The van der Waals surface area contributed by atoms with E-state index in [1.54, 1.807) is 0 Å². The summed E-state index contributed by atoms with van der Waals surface area (Å²) in [6.45, 7) is 0. The minimum absolute atomic E-state index is 0.0888. The molecule has 132 valence electrons. The lowest BCUT2D eigenvalue weighted by Gasteiger charge is -2.31. The highest BCUT2D eigenvalue weighted by Gasteiger charge is 2.25. The van der Waals surface area contributed by atoms with Crippen molar-refractivity contribution in [1.82, 2.24) is 10.6 Å². The standard InChI is InChI=1S/C19H35N3O/c23-18-14-8-7-13-17(18)22-19(20-15-9-3-1-4-10-15)21-16-11-5-2-6-12-16/h15-18,23H,1-14H2,(H2,20,21,22). The Kier molecular flexibility index (Phi) is 6.61. The molecule has 3 saturated carbocycles. The second-order valence-corrected chi connectivity index (χ2v) is 7.86. The van der Waals surface area contributed by atoms with Crippen molar-refractivity contribution in [3.8, 4) is 0 Å². The van der Waals surface area contributed by atoms with E-state index in [0.717, 1.165) is 25.2 Å². The lowest BCUT2D eigenvalue weighted by Crippen LogP contribution is -2.49. The number of aliphatic hydroxyl groups excluding tert-OH is 1. The molecule has 0 bridgehead atoms. The van der Waals surface area contributed by atoms with E-state index in [2.05, 4.69) is 10.6 Å². The summed E-state index contributed by atoms with van der Waals surface area (Å²) in [5.74, 6) is 0.981. The molecule has 3 rings (SSSR count). The van der Waals surface area contributed by atoms with Gasteiger partial charge in [0.05, 0.1) is 12.1 Å². The van der Waals surface area contributed by atoms with E-state index in [9.17, 15) is 5.11 Å². The van der Waals surface area contributed by atoms with Crippen LogP contribution in [0.3, 0.4) is 0 Å². The monoisotopic (exact) mass is 321 g/mol. The summed E-state index contributed by atoms with van der Waals surface area (Å²) in [5, 5.41) is 17.7. The van der Waals surface area contributed by atoms with Gasteiger partial charge in [0.25, 0.3) is 0 Å². The Hall–Kier alpha value is -0.770. The number of rotatable bonds is 3. The van der Waals surface area contributed by atoms with Gasteiger partial charge in [0.1, 0.15) is 0 Å². The fourth-order valence-electron chi connectivity index (χ4n) is 4.40. The van der Waals surface area contributed by atoms with Crippen molar-refractivity contribution >= 4 is 5.96 Å². The molecule has 3 aliphatic rings. The molecule has 0 spiro atoms. The molecule has 0 aromatic rings. The molecule has 0 radical (unpaired) electrons. The molecule has 2 atom stereocenters. The zero-order valence-corrected chi connectivity index (χ0v) is 14.6. The number of hydrogen-bond acceptors (Lipinski definition) is 2. The summed E-state index contributed by atoms with van der Waals surface area (Å²) in [5.41, 5.74) is 0. The zero-order chi connectivity index (χ0) is 15.9. The van der Waals surface area contributed by atoms with E-state index < -0.39 is 0 Å². The smallest absolute Gasteiger partial charge is 0.192 e. The van der Waals surface area contributed by atoms with E-state index in [1.807, 2.05) is 0 Å². The Morgan fingerprint density at radius 2 is 1.13 bits per heavy atom. The largest absolute Gasteiger partial charge is 0.391 e. The van der Waals surface area contributed by atoms with Gasteiger partial charge in [-0.3, -0.25) is 0 Å². The van der Waals surface area contributed by atoms with Crippen LogP contribution in [0.2, 0.25) is 0 Å². The number of hydrogen-bond donors (Lipinski definition) is 3. The predicted molar refractivity (Wildman–Crippen MR) is 95.7 cm³/mol. The number of aliphatic hydroxyl groups is 1. The van der Waals surface area contributed by atoms with Crippen LogP contribution >= 0.6 is 0 Å². The fraction of sp³-hybridized carbons (Fsp3) is 0.947. The molecule has 23 heavy (non-hydrogen) atoms. The van der Waals surface area contributed by atoms with Gasteiger partial charge in [-0.25, -0.2) is 4.99 Å². The Morgan fingerprint density at radius 3 is 1.65 bits per heavy atom. The number of aliphatic imine (C=N–C) groups is 1. The Morgan fingerprint density at radius 1 is 0.652 bits per heavy atom. The van der Waals surface area contributed by atoms with Gasteiger partial charge in [-0.15, -0.1) is 0 Å². The molecule has 4 nitrogen and oxygen atoms in total. The van der Waals surface area contributed by atoms with Gasteiger partial charge < -0.3 is 15.7 Å². The molecular weight excluding hydrogens is 286 g/mol. The first-order valence-electron chi connectivity index (χ1n) is 10.1. The summed E-state index contributed by atoms with van der Waals surface area (Å²) < 4.78 is 0. The first kappa shape index (κ1) is 17.1. The number of nitrogens with one attached hydrogen (secondary N) is 2. The first-order valence-corrected chi connectivity index (χ1v) is 10.1. The molecule has 0 aliphatic heterocycles. The maximum atomic E-state index is 10.3. The van der Waals surface area contributed by atoms with Crippen LogP contribution in [0, 0.1) is 0 Å². The van der Waals surface area contributed by atoms with Crippen LogP contribution in [-0.2, 0) is 0 Å². The Balaban J connectivity index is 1.63. The van der Waals surface area contributed by atoms with Gasteiger partial charge in [0.2, 0.25) is 0 Å². The van der Waals surface area contributed by atoms with Crippen molar-refractivity contribution in [1.29, 1.82) is 0 Å². The second kappa shape index (κ2) is 8.91. The quantitative estimate of drug-likeness (QED) is 0.551. The molecule has 3 N–H and O–H groups in total. The van der Waals surface area contributed by atoms with Crippen molar-refractivity contribution in [2.75, 3.05) is 0 Å². The number of nitrogens with zero attached hydrogens (tertiary/aromatic N) is 1. The minimum atomic E-state index is -0.250. The third-order valence-corrected chi connectivity index (χ3v) is 5.88. The van der Waals surface area contributed by atoms with E-state index in [4.69, 9.17) is 4.99 Å². The Labute approximate surface area is 141 Å². The minimum Gasteiger partial charge on any atom is -0.391 e. The van der Waals surface area contributed by atoms with Crippen molar-refractivity contribution < 1.29 is 5.11 Å². The maximum absolute atomic E-state index is 10.3. The van der Waals surface area contributed by atoms with Gasteiger partial charge >= 0.3 is 0 Å². The van der Waals surface area contributed by atoms with E-state index in [1.165, 1.54) is 70.6 Å². The molecule has 4 heteroatoms. The van der Waals surface area contributed by atoms with E-state index in [0.29, 0.717) is 12.1 Å².